The first-order valence-electron chi connectivity index (χ1n) is 14.9. The van der Waals surface area contributed by atoms with Crippen molar-refractivity contribution in [2.75, 3.05) is 0 Å². The number of ketones is 1. The molecule has 0 spiro atoms. The van der Waals surface area contributed by atoms with Gasteiger partial charge in [-0.3, -0.25) is 9.59 Å². The normalized spacial score (nSPS) is 40.2. The Morgan fingerprint density at radius 2 is 1.74 bits per heavy atom. The molecule has 9 atom stereocenters. The van der Waals surface area contributed by atoms with Gasteiger partial charge in [-0.2, -0.15) is 0 Å². The monoisotopic (exact) mass is 484 g/mol. The highest BCUT2D eigenvalue weighted by Crippen LogP contribution is 2.67. The molecule has 0 N–H and O–H groups in total. The van der Waals surface area contributed by atoms with Crippen LogP contribution in [-0.2, 0) is 14.3 Å². The Morgan fingerprint density at radius 3 is 2.43 bits per heavy atom. The maximum absolute atomic E-state index is 12.4. The molecule has 0 radical (unpaired) electrons. The third-order valence-corrected chi connectivity index (χ3v) is 11.5. The number of hydrogen-bond donors (Lipinski definition) is 0. The highest BCUT2D eigenvalue weighted by Gasteiger charge is 2.59. The molecule has 0 aromatic heterocycles. The van der Waals surface area contributed by atoms with Crippen LogP contribution in [0.2, 0.25) is 0 Å². The third kappa shape index (κ3) is 5.04. The van der Waals surface area contributed by atoms with Crippen molar-refractivity contribution in [3.05, 3.63) is 11.6 Å². The first kappa shape index (κ1) is 26.9. The van der Waals surface area contributed by atoms with Crippen molar-refractivity contribution in [2.24, 2.45) is 52.3 Å². The van der Waals surface area contributed by atoms with Crippen LogP contribution in [0.1, 0.15) is 119 Å². The van der Waals surface area contributed by atoms with E-state index in [1.807, 2.05) is 0 Å². The number of hydrogen-bond acceptors (Lipinski definition) is 3. The van der Waals surface area contributed by atoms with Crippen LogP contribution in [0.4, 0.5) is 0 Å². The molecule has 1 unspecified atom stereocenters. The van der Waals surface area contributed by atoms with Gasteiger partial charge in [0.25, 0.3) is 0 Å². The van der Waals surface area contributed by atoms with Crippen LogP contribution in [0.25, 0.3) is 0 Å². The van der Waals surface area contributed by atoms with Gasteiger partial charge >= 0.3 is 5.97 Å². The summed E-state index contributed by atoms with van der Waals surface area (Å²) in [5.41, 5.74) is 2.33. The van der Waals surface area contributed by atoms with E-state index in [-0.39, 0.29) is 23.3 Å². The van der Waals surface area contributed by atoms with Gasteiger partial charge in [0.2, 0.25) is 0 Å². The zero-order valence-corrected chi connectivity index (χ0v) is 23.7. The van der Waals surface area contributed by atoms with Gasteiger partial charge in [0.05, 0.1) is 0 Å². The molecule has 0 heterocycles. The van der Waals surface area contributed by atoms with Gasteiger partial charge in [-0.25, -0.2) is 0 Å². The molecule has 3 heteroatoms. The van der Waals surface area contributed by atoms with Crippen molar-refractivity contribution in [2.45, 2.75) is 125 Å². The van der Waals surface area contributed by atoms with Crippen molar-refractivity contribution >= 4 is 11.8 Å². The summed E-state index contributed by atoms with van der Waals surface area (Å²) in [5, 5.41) is 0. The maximum Gasteiger partial charge on any atom is 0.316 e. The van der Waals surface area contributed by atoms with Crippen LogP contribution < -0.4 is 0 Å². The number of fused-ring (bicyclic) bond motifs is 5. The minimum absolute atomic E-state index is 0.0587. The SMILES string of the molecule is CC(=O)C(C)C(=O)O[C@H]1CC[C@@]2(C)C(=CC[C@H]3[C@@H]4CC[C@H]([C@H](C)CCCC(C)C)[C@@]4(C)CC[C@@H]32)C1. The van der Waals surface area contributed by atoms with E-state index < -0.39 is 5.92 Å². The van der Waals surface area contributed by atoms with E-state index in [4.69, 9.17) is 4.74 Å². The molecule has 198 valence electrons. The van der Waals surface area contributed by atoms with E-state index in [1.54, 1.807) is 12.5 Å². The van der Waals surface area contributed by atoms with E-state index in [0.29, 0.717) is 5.41 Å². The average Bonchev–Trinajstić information content (AvgIpc) is 3.15. The largest absolute Gasteiger partial charge is 0.462 e. The van der Waals surface area contributed by atoms with Crippen molar-refractivity contribution in [3.8, 4) is 0 Å². The van der Waals surface area contributed by atoms with Crippen molar-refractivity contribution in [1.29, 1.82) is 0 Å². The highest BCUT2D eigenvalue weighted by atomic mass is 16.5. The van der Waals surface area contributed by atoms with Crippen LogP contribution in [0, 0.1) is 52.3 Å². The van der Waals surface area contributed by atoms with Gasteiger partial charge in [0, 0.05) is 6.42 Å². The second-order valence-electron chi connectivity index (χ2n) is 13.9. The van der Waals surface area contributed by atoms with Crippen LogP contribution in [-0.4, -0.2) is 17.9 Å². The molecule has 3 fully saturated rings. The predicted octanol–water partition coefficient (Wildman–Crippen LogP) is 8.16. The minimum Gasteiger partial charge on any atom is -0.462 e. The minimum atomic E-state index is -0.646. The van der Waals surface area contributed by atoms with Crippen LogP contribution >= 0.6 is 0 Å². The number of Topliss-reactive ketones (excluding diaryl/α,β-unsaturated/α-hetero) is 1. The maximum atomic E-state index is 12.4. The van der Waals surface area contributed by atoms with Gasteiger partial charge in [0.15, 0.2) is 0 Å². The first-order chi connectivity index (χ1) is 16.5. The number of carbonyl (C=O) groups excluding carboxylic acids is 2. The lowest BCUT2D eigenvalue weighted by atomic mass is 9.47. The molecular weight excluding hydrogens is 432 g/mol. The zero-order chi connectivity index (χ0) is 25.5. The Morgan fingerprint density at radius 1 is 1.00 bits per heavy atom. The zero-order valence-electron chi connectivity index (χ0n) is 23.7. The first-order valence-corrected chi connectivity index (χ1v) is 14.9. The van der Waals surface area contributed by atoms with E-state index in [9.17, 15) is 9.59 Å². The van der Waals surface area contributed by atoms with Gasteiger partial charge in [-0.1, -0.05) is 65.5 Å². The molecule has 0 saturated heterocycles. The number of ether oxygens (including phenoxy) is 1. The Kier molecular flexibility index (Phi) is 7.95. The quantitative estimate of drug-likeness (QED) is 0.198. The Balaban J connectivity index is 1.43. The third-order valence-electron chi connectivity index (χ3n) is 11.5. The fourth-order valence-corrected chi connectivity index (χ4v) is 9.18. The smallest absolute Gasteiger partial charge is 0.316 e. The summed E-state index contributed by atoms with van der Waals surface area (Å²) >= 11 is 0. The number of carbonyl (C=O) groups is 2. The molecular formula is C32H52O3. The summed E-state index contributed by atoms with van der Waals surface area (Å²) in [4.78, 5) is 24.0. The van der Waals surface area contributed by atoms with Gasteiger partial charge in [-0.15, -0.1) is 0 Å². The predicted molar refractivity (Wildman–Crippen MR) is 143 cm³/mol. The molecule has 3 saturated carbocycles. The summed E-state index contributed by atoms with van der Waals surface area (Å²) in [5.74, 6) is 3.97. The molecule has 0 aliphatic heterocycles. The molecule has 0 bridgehead atoms. The summed E-state index contributed by atoms with van der Waals surface area (Å²) < 4.78 is 5.82. The standard InChI is InChI=1S/C32H52O3/c1-20(2)9-8-10-21(3)27-13-14-28-26-12-11-24-19-25(35-30(34)22(4)23(5)33)15-17-31(24,6)29(26)16-18-32(27,28)7/h11,20-22,25-29H,8-10,12-19H2,1-7H3/t21-,22?,25+,26+,27-,28+,29+,31+,32-/m1/s1. The fourth-order valence-electron chi connectivity index (χ4n) is 9.18. The van der Waals surface area contributed by atoms with Crippen molar-refractivity contribution in [3.63, 3.8) is 0 Å². The Bertz CT molecular complexity index is 827. The lowest BCUT2D eigenvalue weighted by Crippen LogP contribution is -2.51. The molecule has 0 aromatic carbocycles. The van der Waals surface area contributed by atoms with Crippen molar-refractivity contribution in [1.82, 2.24) is 0 Å². The van der Waals surface area contributed by atoms with Gasteiger partial charge in [0.1, 0.15) is 17.8 Å². The van der Waals surface area contributed by atoms with Crippen LogP contribution in [0.5, 0.6) is 0 Å². The molecule has 4 aliphatic carbocycles. The summed E-state index contributed by atoms with van der Waals surface area (Å²) in [6, 6.07) is 0. The highest BCUT2D eigenvalue weighted by molar-refractivity contribution is 5.97. The Hall–Kier alpha value is -1.12. The molecule has 0 aromatic rings. The topological polar surface area (TPSA) is 43.4 Å². The second kappa shape index (κ2) is 10.3. The molecule has 35 heavy (non-hydrogen) atoms. The van der Waals surface area contributed by atoms with Crippen LogP contribution in [0.15, 0.2) is 11.6 Å². The summed E-state index contributed by atoms with van der Waals surface area (Å²) in [6.45, 7) is 15.6. The lowest BCUT2D eigenvalue weighted by molar-refractivity contribution is -0.157. The number of allylic oxidation sites excluding steroid dienone is 1. The van der Waals surface area contributed by atoms with Crippen molar-refractivity contribution < 1.29 is 14.3 Å². The average molecular weight is 485 g/mol. The van der Waals surface area contributed by atoms with E-state index >= 15 is 0 Å². The van der Waals surface area contributed by atoms with Crippen LogP contribution in [0.3, 0.4) is 0 Å². The molecule has 3 nitrogen and oxygen atoms in total. The second-order valence-corrected chi connectivity index (χ2v) is 13.9. The van der Waals surface area contributed by atoms with Gasteiger partial charge in [-0.05, 0) is 105 Å². The molecule has 4 rings (SSSR count). The number of esters is 1. The summed E-state index contributed by atoms with van der Waals surface area (Å²) in [6.07, 6.45) is 16.4. The number of rotatable bonds is 8. The summed E-state index contributed by atoms with van der Waals surface area (Å²) in [7, 11) is 0. The molecule has 0 amide bonds. The van der Waals surface area contributed by atoms with E-state index in [0.717, 1.165) is 54.8 Å². The lowest BCUT2D eigenvalue weighted by Gasteiger charge is -2.58. The fraction of sp³-hybridized carbons (Fsp3) is 0.875. The Labute approximate surface area is 215 Å². The molecule has 4 aliphatic rings. The van der Waals surface area contributed by atoms with E-state index in [1.165, 1.54) is 58.3 Å². The van der Waals surface area contributed by atoms with E-state index in [2.05, 4.69) is 40.7 Å². The van der Waals surface area contributed by atoms with Gasteiger partial charge < -0.3 is 4.74 Å².